The van der Waals surface area contributed by atoms with E-state index in [-0.39, 0.29) is 12.4 Å². The van der Waals surface area contributed by atoms with Crippen LogP contribution in [0.2, 0.25) is 0 Å². The van der Waals surface area contributed by atoms with Gasteiger partial charge in [-0.25, -0.2) is 0 Å². The van der Waals surface area contributed by atoms with Crippen molar-refractivity contribution in [3.63, 3.8) is 0 Å². The summed E-state index contributed by atoms with van der Waals surface area (Å²) >= 11 is 0. The van der Waals surface area contributed by atoms with E-state index in [4.69, 9.17) is 21.1 Å². The molecule has 1 aliphatic rings. The zero-order valence-electron chi connectivity index (χ0n) is 21.9. The number of nitrogens with zero attached hydrogens (tertiary/aromatic N) is 2. The zero-order chi connectivity index (χ0) is 26.4. The summed E-state index contributed by atoms with van der Waals surface area (Å²) < 4.78 is 11.5. The second-order valence-corrected chi connectivity index (χ2v) is 8.95. The van der Waals surface area contributed by atoms with Crippen molar-refractivity contribution < 1.29 is 9.47 Å². The van der Waals surface area contributed by atoms with Gasteiger partial charge in [0.15, 0.2) is 0 Å². The average Bonchev–Trinajstić information content (AvgIpc) is 3.37. The third-order valence-electron chi connectivity index (χ3n) is 5.86. The van der Waals surface area contributed by atoms with Crippen LogP contribution in [0, 0.1) is 0 Å². The molecule has 0 spiro atoms. The molecule has 0 aliphatic carbocycles. The van der Waals surface area contributed by atoms with Crippen molar-refractivity contribution in [1.82, 2.24) is 10.4 Å². The Labute approximate surface area is 236 Å². The molecule has 204 valence electrons. The van der Waals surface area contributed by atoms with E-state index < -0.39 is 0 Å². The topological polar surface area (TPSA) is 98.1 Å². The van der Waals surface area contributed by atoms with Gasteiger partial charge in [-0.15, -0.1) is 12.4 Å². The second kappa shape index (κ2) is 16.0. The summed E-state index contributed by atoms with van der Waals surface area (Å²) in [7, 11) is 0. The molecule has 0 saturated carbocycles. The Balaban J connectivity index is 0.000000215. The maximum atomic E-state index is 5.84. The summed E-state index contributed by atoms with van der Waals surface area (Å²) in [5.74, 6) is 7.74. The predicted molar refractivity (Wildman–Crippen MR) is 159 cm³/mol. The van der Waals surface area contributed by atoms with Gasteiger partial charge in [0.1, 0.15) is 30.5 Å². The molecule has 0 atom stereocenters. The van der Waals surface area contributed by atoms with Gasteiger partial charge in [-0.1, -0.05) is 84.9 Å². The molecule has 1 aliphatic heterocycles. The first-order valence-corrected chi connectivity index (χ1v) is 12.7. The fraction of sp³-hybridized carbons (Fsp3) is 0.194. The van der Waals surface area contributed by atoms with Crippen LogP contribution in [0.1, 0.15) is 28.7 Å². The van der Waals surface area contributed by atoms with Crippen molar-refractivity contribution in [3.05, 3.63) is 131 Å². The number of ether oxygens (including phenoxy) is 2. The predicted octanol–water partition coefficient (Wildman–Crippen LogP) is 5.39. The smallest absolute Gasteiger partial charge is 0.121 e. The molecule has 39 heavy (non-hydrogen) atoms. The molecule has 0 bridgehead atoms. The van der Waals surface area contributed by atoms with Gasteiger partial charge in [0, 0.05) is 19.5 Å². The molecule has 0 radical (unpaired) electrons. The Morgan fingerprint density at radius 1 is 0.692 bits per heavy atom. The molecular formula is C31H36ClN5O2. The van der Waals surface area contributed by atoms with Crippen molar-refractivity contribution in [2.24, 2.45) is 16.7 Å². The van der Waals surface area contributed by atoms with Gasteiger partial charge in [0.2, 0.25) is 0 Å². The summed E-state index contributed by atoms with van der Waals surface area (Å²) in [6.07, 6.45) is 0.851. The highest BCUT2D eigenvalue weighted by Gasteiger charge is 2.12. The maximum Gasteiger partial charge on any atom is 0.121 e. The minimum atomic E-state index is 0. The Kier molecular flexibility index (Phi) is 12.1. The molecule has 0 aromatic heterocycles. The molecule has 5 rings (SSSR count). The number of rotatable bonds is 10. The molecule has 4 aromatic carbocycles. The van der Waals surface area contributed by atoms with Gasteiger partial charge in [-0.2, -0.15) is 5.10 Å². The van der Waals surface area contributed by atoms with E-state index in [1.165, 1.54) is 11.1 Å². The number of hydrogen-bond acceptors (Lipinski definition) is 7. The second-order valence-electron chi connectivity index (χ2n) is 8.95. The molecule has 7 nitrogen and oxygen atoms in total. The fourth-order valence-corrected chi connectivity index (χ4v) is 3.93. The molecule has 4 aromatic rings. The van der Waals surface area contributed by atoms with Crippen LogP contribution >= 0.6 is 12.4 Å². The highest BCUT2D eigenvalue weighted by atomic mass is 35.5. The van der Waals surface area contributed by atoms with Crippen molar-refractivity contribution in [2.75, 3.05) is 6.54 Å². The fourth-order valence-electron chi connectivity index (χ4n) is 3.93. The molecule has 0 fully saturated rings. The number of nitrogens with two attached hydrogens (primary N) is 2. The van der Waals surface area contributed by atoms with Gasteiger partial charge in [-0.05, 0) is 46.5 Å². The lowest BCUT2D eigenvalue weighted by Crippen LogP contribution is -2.20. The average molecular weight is 546 g/mol. The van der Waals surface area contributed by atoms with E-state index in [0.717, 1.165) is 42.1 Å². The van der Waals surface area contributed by atoms with Crippen LogP contribution in [0.3, 0.4) is 0 Å². The number of amidine groups is 1. The quantitative estimate of drug-likeness (QED) is 0.182. The lowest BCUT2D eigenvalue weighted by Gasteiger charge is -2.14. The highest BCUT2D eigenvalue weighted by Crippen LogP contribution is 2.18. The van der Waals surface area contributed by atoms with E-state index in [1.807, 2.05) is 89.9 Å². The molecule has 0 unspecified atom stereocenters. The summed E-state index contributed by atoms with van der Waals surface area (Å²) in [5, 5.41) is 6.29. The van der Waals surface area contributed by atoms with Crippen molar-refractivity contribution >= 4 is 18.2 Å². The normalized spacial score (nSPS) is 12.0. The van der Waals surface area contributed by atoms with Crippen LogP contribution in [-0.4, -0.2) is 17.4 Å². The minimum Gasteiger partial charge on any atom is -0.489 e. The minimum absolute atomic E-state index is 0. The Hall–Kier alpha value is -4.04. The maximum absolute atomic E-state index is 5.84. The van der Waals surface area contributed by atoms with Gasteiger partial charge in [0.05, 0.1) is 6.54 Å². The standard InChI is InChI=1S/C17H19N3O.C14H16N2O.ClH/c18-17-9-10-20(19-17)12-15-7-4-8-16(11-15)21-13-14-5-2-1-3-6-14;15-16-10-13-7-4-8-14(9-13)17-11-12-5-2-1-3-6-12;/h1-8,11H,9-10,12-13H2,(H2,18,19);1-9,16H,10-11,15H2;1H. The summed E-state index contributed by atoms with van der Waals surface area (Å²) in [6.45, 7) is 3.46. The van der Waals surface area contributed by atoms with E-state index >= 15 is 0 Å². The van der Waals surface area contributed by atoms with E-state index in [1.54, 1.807) is 0 Å². The zero-order valence-corrected chi connectivity index (χ0v) is 22.7. The first-order chi connectivity index (χ1) is 18.7. The van der Waals surface area contributed by atoms with Gasteiger partial charge in [-0.3, -0.25) is 16.3 Å². The molecule has 8 heteroatoms. The van der Waals surface area contributed by atoms with Crippen LogP contribution in [0.15, 0.2) is 114 Å². The Morgan fingerprint density at radius 3 is 1.72 bits per heavy atom. The van der Waals surface area contributed by atoms with Crippen molar-refractivity contribution in [2.45, 2.75) is 32.7 Å². The lowest BCUT2D eigenvalue weighted by atomic mass is 10.2. The third kappa shape index (κ3) is 10.3. The van der Waals surface area contributed by atoms with Crippen LogP contribution in [0.5, 0.6) is 11.5 Å². The number of hydrazone groups is 1. The monoisotopic (exact) mass is 545 g/mol. The summed E-state index contributed by atoms with van der Waals surface area (Å²) in [5.41, 5.74) is 13.0. The van der Waals surface area contributed by atoms with E-state index in [0.29, 0.717) is 25.6 Å². The van der Waals surface area contributed by atoms with E-state index in [9.17, 15) is 0 Å². The van der Waals surface area contributed by atoms with E-state index in [2.05, 4.69) is 34.8 Å². The van der Waals surface area contributed by atoms with Crippen molar-refractivity contribution in [3.8, 4) is 11.5 Å². The van der Waals surface area contributed by atoms with Gasteiger partial charge < -0.3 is 15.2 Å². The van der Waals surface area contributed by atoms with Gasteiger partial charge >= 0.3 is 0 Å². The summed E-state index contributed by atoms with van der Waals surface area (Å²) in [6, 6.07) is 36.3. The highest BCUT2D eigenvalue weighted by molar-refractivity contribution is 5.85. The molecule has 0 amide bonds. The SMILES string of the molecule is Cl.NC1=NN(Cc2cccc(OCc3ccccc3)c2)CC1.NNCc1cccc(OCc2ccccc2)c1. The number of nitrogens with one attached hydrogen (secondary N) is 1. The van der Waals surface area contributed by atoms with Crippen molar-refractivity contribution in [1.29, 1.82) is 0 Å². The third-order valence-corrected chi connectivity index (χ3v) is 5.86. The van der Waals surface area contributed by atoms with Crippen LogP contribution in [0.4, 0.5) is 0 Å². The molecular weight excluding hydrogens is 510 g/mol. The summed E-state index contributed by atoms with van der Waals surface area (Å²) in [4.78, 5) is 0. The number of halogens is 1. The number of hydrazine groups is 1. The van der Waals surface area contributed by atoms with Crippen LogP contribution in [0.25, 0.3) is 0 Å². The van der Waals surface area contributed by atoms with Gasteiger partial charge in [0.25, 0.3) is 0 Å². The largest absolute Gasteiger partial charge is 0.489 e. The van der Waals surface area contributed by atoms with Crippen LogP contribution in [-0.2, 0) is 26.3 Å². The molecule has 0 saturated heterocycles. The molecule has 1 heterocycles. The first kappa shape index (κ1) is 29.5. The van der Waals surface area contributed by atoms with Crippen LogP contribution < -0.4 is 26.5 Å². The Morgan fingerprint density at radius 2 is 1.21 bits per heavy atom. The Bertz CT molecular complexity index is 1290. The first-order valence-electron chi connectivity index (χ1n) is 12.7. The number of hydrogen-bond donors (Lipinski definition) is 3. The molecule has 5 N–H and O–H groups in total. The number of benzene rings is 4. The lowest BCUT2D eigenvalue weighted by molar-refractivity contribution is 0.299.